The minimum atomic E-state index is -0.961. The molecule has 0 amide bonds. The first kappa shape index (κ1) is 21.2. The van der Waals surface area contributed by atoms with E-state index >= 15 is 0 Å². The van der Waals surface area contributed by atoms with Crippen molar-refractivity contribution in [2.45, 2.75) is 46.5 Å². The fourth-order valence-corrected chi connectivity index (χ4v) is 3.78. The zero-order valence-electron chi connectivity index (χ0n) is 17.6. The van der Waals surface area contributed by atoms with Crippen molar-refractivity contribution in [2.75, 3.05) is 6.61 Å². The molecule has 0 saturated carbocycles. The summed E-state index contributed by atoms with van der Waals surface area (Å²) in [6.07, 6.45) is 1.11. The molecule has 0 unspecified atom stereocenters. The van der Waals surface area contributed by atoms with Gasteiger partial charge in [0.05, 0.1) is 23.6 Å². The highest BCUT2D eigenvalue weighted by Crippen LogP contribution is 2.40. The number of aryl methyl sites for hydroxylation is 2. The number of ether oxygens (including phenoxy) is 2. The van der Waals surface area contributed by atoms with Crippen molar-refractivity contribution in [1.82, 2.24) is 4.98 Å². The maximum Gasteiger partial charge on any atom is 0.338 e. The summed E-state index contributed by atoms with van der Waals surface area (Å²) in [7, 11) is 0. The van der Waals surface area contributed by atoms with Crippen molar-refractivity contribution in [1.29, 1.82) is 5.26 Å². The monoisotopic (exact) mass is 407 g/mol. The lowest BCUT2D eigenvalue weighted by atomic mass is 9.82. The molecule has 30 heavy (non-hydrogen) atoms. The second-order valence-corrected chi connectivity index (χ2v) is 7.27. The molecule has 0 fully saturated rings. The Balaban J connectivity index is 2.36. The van der Waals surface area contributed by atoms with Gasteiger partial charge in [-0.25, -0.2) is 4.79 Å². The van der Waals surface area contributed by atoms with Crippen LogP contribution < -0.4 is 11.3 Å². The van der Waals surface area contributed by atoms with Gasteiger partial charge in [-0.3, -0.25) is 4.79 Å². The van der Waals surface area contributed by atoms with E-state index in [1.165, 1.54) is 0 Å². The molecule has 1 aromatic heterocycles. The van der Waals surface area contributed by atoms with E-state index in [0.29, 0.717) is 18.6 Å². The van der Waals surface area contributed by atoms with Gasteiger partial charge in [-0.2, -0.15) is 5.26 Å². The molecule has 0 spiro atoms. The third-order valence-corrected chi connectivity index (χ3v) is 5.25. The van der Waals surface area contributed by atoms with Crippen molar-refractivity contribution >= 4 is 16.9 Å². The number of rotatable bonds is 5. The molecule has 1 aliphatic heterocycles. The molecule has 156 valence electrons. The van der Waals surface area contributed by atoms with E-state index in [-0.39, 0.29) is 34.8 Å². The normalized spacial score (nSPS) is 16.4. The third-order valence-electron chi connectivity index (χ3n) is 5.25. The van der Waals surface area contributed by atoms with Gasteiger partial charge in [0.1, 0.15) is 17.4 Å². The molecule has 7 heteroatoms. The first-order valence-electron chi connectivity index (χ1n) is 9.94. The van der Waals surface area contributed by atoms with E-state index < -0.39 is 11.9 Å². The first-order chi connectivity index (χ1) is 14.3. The SMILES string of the molecule is CCCC1=C(C(=O)OCC)[C@@H](c2cc3c(C)ccc(C)c3[nH]c2=O)C(C#N)=C(N)O1. The van der Waals surface area contributed by atoms with Crippen molar-refractivity contribution in [2.24, 2.45) is 5.73 Å². The van der Waals surface area contributed by atoms with Crippen LogP contribution in [-0.4, -0.2) is 17.6 Å². The molecule has 2 heterocycles. The number of allylic oxidation sites excluding steroid dienone is 2. The molecular weight excluding hydrogens is 382 g/mol. The smallest absolute Gasteiger partial charge is 0.338 e. The predicted molar refractivity (Wildman–Crippen MR) is 113 cm³/mol. The minimum absolute atomic E-state index is 0.0214. The number of aromatic nitrogens is 1. The number of carbonyl (C=O) groups excluding carboxylic acids is 1. The van der Waals surface area contributed by atoms with Gasteiger partial charge >= 0.3 is 5.97 Å². The Kier molecular flexibility index (Phi) is 5.97. The fourth-order valence-electron chi connectivity index (χ4n) is 3.78. The predicted octanol–water partition coefficient (Wildman–Crippen LogP) is 3.57. The average molecular weight is 407 g/mol. The van der Waals surface area contributed by atoms with Gasteiger partial charge in [0, 0.05) is 17.4 Å². The van der Waals surface area contributed by atoms with Crippen LogP contribution in [0, 0.1) is 25.2 Å². The van der Waals surface area contributed by atoms with Gasteiger partial charge in [-0.05, 0) is 44.4 Å². The molecule has 0 radical (unpaired) electrons. The molecule has 2 aromatic rings. The molecule has 0 aliphatic carbocycles. The highest BCUT2D eigenvalue weighted by molar-refractivity contribution is 5.93. The zero-order chi connectivity index (χ0) is 22.0. The van der Waals surface area contributed by atoms with E-state index in [1.54, 1.807) is 13.0 Å². The fraction of sp³-hybridized carbons (Fsp3) is 0.348. The van der Waals surface area contributed by atoms with Crippen LogP contribution in [0.5, 0.6) is 0 Å². The Bertz CT molecular complexity index is 1180. The molecule has 0 saturated heterocycles. The van der Waals surface area contributed by atoms with Crippen LogP contribution in [0.15, 0.2) is 45.8 Å². The minimum Gasteiger partial charge on any atom is -0.463 e. The standard InChI is InChI=1S/C23H25N3O4/c1-5-7-17-19(23(28)29-6-2)18(16(11-24)21(25)30-17)15-10-14-12(3)8-9-13(4)20(14)26-22(15)27/h8-10,18H,5-7,25H2,1-4H3,(H,26,27)/t18-/m0/s1. The summed E-state index contributed by atoms with van der Waals surface area (Å²) >= 11 is 0. The van der Waals surface area contributed by atoms with Crippen LogP contribution in [-0.2, 0) is 14.3 Å². The van der Waals surface area contributed by atoms with E-state index in [9.17, 15) is 14.9 Å². The van der Waals surface area contributed by atoms with Crippen molar-refractivity contribution in [3.63, 3.8) is 0 Å². The Hall–Kier alpha value is -3.53. The summed E-state index contributed by atoms with van der Waals surface area (Å²) < 4.78 is 10.9. The van der Waals surface area contributed by atoms with Gasteiger partial charge in [0.25, 0.3) is 5.56 Å². The molecule has 0 bridgehead atoms. The highest BCUT2D eigenvalue weighted by atomic mass is 16.5. The Labute approximate surface area is 174 Å². The lowest BCUT2D eigenvalue weighted by molar-refractivity contribution is -0.139. The number of H-pyrrole nitrogens is 1. The van der Waals surface area contributed by atoms with E-state index in [0.717, 1.165) is 22.0 Å². The number of nitrogens with zero attached hydrogens (tertiary/aromatic N) is 1. The first-order valence-corrected chi connectivity index (χ1v) is 9.94. The Morgan fingerprint density at radius 2 is 2.00 bits per heavy atom. The van der Waals surface area contributed by atoms with E-state index in [2.05, 4.69) is 4.98 Å². The summed E-state index contributed by atoms with van der Waals surface area (Å²) in [6, 6.07) is 7.66. The lowest BCUT2D eigenvalue weighted by Gasteiger charge is -2.28. The van der Waals surface area contributed by atoms with Gasteiger partial charge in [-0.15, -0.1) is 0 Å². The largest absolute Gasteiger partial charge is 0.463 e. The summed E-state index contributed by atoms with van der Waals surface area (Å²) in [5.74, 6) is -1.35. The van der Waals surface area contributed by atoms with Crippen LogP contribution >= 0.6 is 0 Å². The molecule has 1 aromatic carbocycles. The second-order valence-electron chi connectivity index (χ2n) is 7.27. The van der Waals surface area contributed by atoms with Crippen molar-refractivity contribution in [3.8, 4) is 6.07 Å². The van der Waals surface area contributed by atoms with Crippen LogP contribution in [0.2, 0.25) is 0 Å². The molecule has 3 rings (SSSR count). The quantitative estimate of drug-likeness (QED) is 0.732. The number of nitrogens with one attached hydrogen (secondary N) is 1. The molecular formula is C23H25N3O4. The molecule has 3 N–H and O–H groups in total. The van der Waals surface area contributed by atoms with Crippen LogP contribution in [0.4, 0.5) is 0 Å². The van der Waals surface area contributed by atoms with E-state index in [1.807, 2.05) is 39.0 Å². The summed E-state index contributed by atoms with van der Waals surface area (Å²) in [5, 5.41) is 10.6. The topological polar surface area (TPSA) is 118 Å². The van der Waals surface area contributed by atoms with Gasteiger partial charge in [0.15, 0.2) is 0 Å². The van der Waals surface area contributed by atoms with Crippen LogP contribution in [0.1, 0.15) is 49.3 Å². The summed E-state index contributed by atoms with van der Waals surface area (Å²) in [6.45, 7) is 7.63. The van der Waals surface area contributed by atoms with Crippen LogP contribution in [0.3, 0.4) is 0 Å². The average Bonchev–Trinajstić information content (AvgIpc) is 2.70. The third kappa shape index (κ3) is 3.57. The van der Waals surface area contributed by atoms with Crippen molar-refractivity contribution in [3.05, 3.63) is 68.0 Å². The number of nitriles is 1. The maximum atomic E-state index is 13.1. The number of carbonyl (C=O) groups is 1. The second kappa shape index (κ2) is 8.46. The van der Waals surface area contributed by atoms with Gasteiger partial charge in [0.2, 0.25) is 5.88 Å². The number of hydrogen-bond donors (Lipinski definition) is 2. The molecule has 1 atom stereocenters. The Morgan fingerprint density at radius 1 is 1.30 bits per heavy atom. The number of aromatic amines is 1. The zero-order valence-corrected chi connectivity index (χ0v) is 17.6. The lowest BCUT2D eigenvalue weighted by Crippen LogP contribution is -2.30. The number of benzene rings is 1. The Morgan fingerprint density at radius 3 is 2.63 bits per heavy atom. The maximum absolute atomic E-state index is 13.1. The van der Waals surface area contributed by atoms with Crippen LogP contribution in [0.25, 0.3) is 10.9 Å². The number of esters is 1. The van der Waals surface area contributed by atoms with Crippen molar-refractivity contribution < 1.29 is 14.3 Å². The highest BCUT2D eigenvalue weighted by Gasteiger charge is 2.38. The van der Waals surface area contributed by atoms with Gasteiger partial charge < -0.3 is 20.2 Å². The molecule has 1 aliphatic rings. The number of hydrogen-bond acceptors (Lipinski definition) is 6. The number of nitrogens with two attached hydrogens (primary N) is 1. The molecule has 7 nitrogen and oxygen atoms in total. The van der Waals surface area contributed by atoms with E-state index in [4.69, 9.17) is 15.2 Å². The van der Waals surface area contributed by atoms with Gasteiger partial charge in [-0.1, -0.05) is 19.1 Å². The number of pyridine rings is 1. The summed E-state index contributed by atoms with van der Waals surface area (Å²) in [4.78, 5) is 28.9. The summed E-state index contributed by atoms with van der Waals surface area (Å²) in [5.41, 5.74) is 8.69. The number of fused-ring (bicyclic) bond motifs is 1.